The van der Waals surface area contributed by atoms with E-state index >= 15 is 0 Å². The van der Waals surface area contributed by atoms with Crippen LogP contribution in [0.1, 0.15) is 38.8 Å². The number of carbonyl (C=O) groups is 1. The van der Waals surface area contributed by atoms with Crippen LogP contribution < -0.4 is 0 Å². The molecular weight excluding hydrogens is 260 g/mol. The summed E-state index contributed by atoms with van der Waals surface area (Å²) in [5.74, 6) is -0.935. The first kappa shape index (κ1) is 16.1. The minimum absolute atomic E-state index is 0.0266. The van der Waals surface area contributed by atoms with Crippen molar-refractivity contribution in [3.8, 4) is 0 Å². The van der Waals surface area contributed by atoms with Crippen molar-refractivity contribution in [2.45, 2.75) is 39.3 Å². The van der Waals surface area contributed by atoms with Gasteiger partial charge >= 0.3 is 5.97 Å². The van der Waals surface area contributed by atoms with Crippen molar-refractivity contribution in [2.24, 2.45) is 0 Å². The minimum Gasteiger partial charge on any atom is -0.480 e. The van der Waals surface area contributed by atoms with Crippen molar-refractivity contribution in [3.05, 3.63) is 39.9 Å². The second-order valence-corrected chi connectivity index (χ2v) is 4.82. The number of benzene rings is 1. The fraction of sp³-hybridized carbons (Fsp3) is 0.500. The van der Waals surface area contributed by atoms with Crippen LogP contribution in [0, 0.1) is 10.1 Å². The molecule has 2 atom stereocenters. The van der Waals surface area contributed by atoms with Gasteiger partial charge in [0.25, 0.3) is 5.69 Å². The molecule has 1 aromatic carbocycles. The fourth-order valence-corrected chi connectivity index (χ4v) is 2.25. The van der Waals surface area contributed by atoms with Crippen LogP contribution in [-0.4, -0.2) is 33.5 Å². The van der Waals surface area contributed by atoms with E-state index in [1.807, 2.05) is 13.8 Å². The number of rotatable bonds is 7. The third kappa shape index (κ3) is 3.77. The number of carboxylic acid groups (broad SMARTS) is 1. The Morgan fingerprint density at radius 1 is 1.40 bits per heavy atom. The van der Waals surface area contributed by atoms with E-state index in [9.17, 15) is 14.9 Å². The average molecular weight is 280 g/mol. The molecule has 0 saturated carbocycles. The lowest BCUT2D eigenvalue weighted by Gasteiger charge is -2.32. The van der Waals surface area contributed by atoms with E-state index in [2.05, 4.69) is 0 Å². The quantitative estimate of drug-likeness (QED) is 0.613. The van der Waals surface area contributed by atoms with E-state index in [0.717, 1.165) is 6.42 Å². The Labute approximate surface area is 118 Å². The second kappa shape index (κ2) is 7.00. The van der Waals surface area contributed by atoms with Crippen LogP contribution in [0.4, 0.5) is 5.69 Å². The largest absolute Gasteiger partial charge is 0.480 e. The van der Waals surface area contributed by atoms with E-state index in [1.165, 1.54) is 6.07 Å². The summed E-state index contributed by atoms with van der Waals surface area (Å²) in [6.45, 7) is 5.56. The molecule has 1 N–H and O–H groups in total. The van der Waals surface area contributed by atoms with E-state index in [0.29, 0.717) is 5.56 Å². The number of carboxylic acids is 1. The number of nitro benzene ring substituents is 1. The fourth-order valence-electron chi connectivity index (χ4n) is 2.25. The summed E-state index contributed by atoms with van der Waals surface area (Å²) in [6, 6.07) is 6.16. The molecule has 6 heteroatoms. The Balaban J connectivity index is 3.14. The molecule has 6 nitrogen and oxygen atoms in total. The first-order chi connectivity index (χ1) is 9.38. The Bertz CT molecular complexity index is 490. The van der Waals surface area contributed by atoms with Gasteiger partial charge in [0.05, 0.1) is 11.5 Å². The normalized spacial score (nSPS) is 14.0. The summed E-state index contributed by atoms with van der Waals surface area (Å²) in [5.41, 5.74) is 0.567. The molecule has 20 heavy (non-hydrogen) atoms. The number of aliphatic carboxylic acids is 1. The Morgan fingerprint density at radius 3 is 2.50 bits per heavy atom. The van der Waals surface area contributed by atoms with Crippen molar-refractivity contribution in [1.29, 1.82) is 0 Å². The Kier molecular flexibility index (Phi) is 5.64. The second-order valence-electron chi connectivity index (χ2n) is 4.82. The molecule has 0 aliphatic carbocycles. The lowest BCUT2D eigenvalue weighted by atomic mass is 10.0. The van der Waals surface area contributed by atoms with Gasteiger partial charge in [0.1, 0.15) is 0 Å². The van der Waals surface area contributed by atoms with Gasteiger partial charge < -0.3 is 5.11 Å². The van der Waals surface area contributed by atoms with Crippen molar-refractivity contribution in [3.63, 3.8) is 0 Å². The van der Waals surface area contributed by atoms with Gasteiger partial charge in [0.2, 0.25) is 0 Å². The molecule has 0 radical (unpaired) electrons. The smallest absolute Gasteiger partial charge is 0.317 e. The summed E-state index contributed by atoms with van der Waals surface area (Å²) in [5, 5.41) is 20.1. The minimum atomic E-state index is -0.935. The first-order valence-corrected chi connectivity index (χ1v) is 6.59. The van der Waals surface area contributed by atoms with Crippen LogP contribution in [0.3, 0.4) is 0 Å². The zero-order chi connectivity index (χ0) is 15.3. The number of para-hydroxylation sites is 1. The van der Waals surface area contributed by atoms with Crippen LogP contribution in [0.25, 0.3) is 0 Å². The first-order valence-electron chi connectivity index (χ1n) is 6.59. The monoisotopic (exact) mass is 280 g/mol. The van der Waals surface area contributed by atoms with Crippen LogP contribution in [0.2, 0.25) is 0 Å². The molecule has 0 fully saturated rings. The summed E-state index contributed by atoms with van der Waals surface area (Å²) < 4.78 is 0. The lowest BCUT2D eigenvalue weighted by Crippen LogP contribution is -2.39. The van der Waals surface area contributed by atoms with Gasteiger partial charge in [-0.05, 0) is 20.3 Å². The highest BCUT2D eigenvalue weighted by molar-refractivity contribution is 5.69. The number of hydrogen-bond donors (Lipinski definition) is 1. The van der Waals surface area contributed by atoms with Crippen molar-refractivity contribution in [1.82, 2.24) is 4.90 Å². The Hall–Kier alpha value is -1.95. The molecule has 1 rings (SSSR count). The number of hydrogen-bond acceptors (Lipinski definition) is 4. The molecule has 0 spiro atoms. The maximum atomic E-state index is 11.1. The summed E-state index contributed by atoms with van der Waals surface area (Å²) in [6.07, 6.45) is 0.776. The van der Waals surface area contributed by atoms with Gasteiger partial charge in [-0.15, -0.1) is 0 Å². The molecule has 0 aliphatic heterocycles. The molecular formula is C14H20N2O4. The number of nitro groups is 1. The molecule has 110 valence electrons. The van der Waals surface area contributed by atoms with Crippen LogP contribution in [-0.2, 0) is 4.79 Å². The van der Waals surface area contributed by atoms with Gasteiger partial charge in [-0.25, -0.2) is 0 Å². The van der Waals surface area contributed by atoms with Crippen LogP contribution >= 0.6 is 0 Å². The zero-order valence-electron chi connectivity index (χ0n) is 11.9. The molecule has 2 unspecified atom stereocenters. The van der Waals surface area contributed by atoms with Crippen molar-refractivity contribution < 1.29 is 14.8 Å². The summed E-state index contributed by atoms with van der Waals surface area (Å²) in [4.78, 5) is 23.4. The topological polar surface area (TPSA) is 83.7 Å². The molecule has 1 aromatic rings. The van der Waals surface area contributed by atoms with Crippen LogP contribution in [0.15, 0.2) is 24.3 Å². The predicted molar refractivity (Wildman–Crippen MR) is 75.6 cm³/mol. The number of nitrogens with zero attached hydrogens (tertiary/aromatic N) is 2. The maximum Gasteiger partial charge on any atom is 0.317 e. The Morgan fingerprint density at radius 2 is 2.00 bits per heavy atom. The third-order valence-electron chi connectivity index (χ3n) is 3.56. The molecule has 0 bridgehead atoms. The van der Waals surface area contributed by atoms with Gasteiger partial charge in [0.15, 0.2) is 0 Å². The van der Waals surface area contributed by atoms with Crippen molar-refractivity contribution in [2.75, 3.05) is 6.54 Å². The van der Waals surface area contributed by atoms with E-state index < -0.39 is 10.9 Å². The molecule has 0 amide bonds. The molecule has 0 aromatic heterocycles. The van der Waals surface area contributed by atoms with E-state index in [1.54, 1.807) is 30.0 Å². The third-order valence-corrected chi connectivity index (χ3v) is 3.56. The SMILES string of the molecule is CCC(C)N(CC(=O)O)C(C)c1ccccc1[N+](=O)[O-]. The summed E-state index contributed by atoms with van der Waals surface area (Å²) in [7, 11) is 0. The lowest BCUT2D eigenvalue weighted by molar-refractivity contribution is -0.386. The van der Waals surface area contributed by atoms with Crippen LogP contribution in [0.5, 0.6) is 0 Å². The van der Waals surface area contributed by atoms with Gasteiger partial charge in [-0.1, -0.05) is 25.1 Å². The standard InChI is InChI=1S/C14H20N2O4/c1-4-10(2)15(9-14(17)18)11(3)12-7-5-6-8-13(12)16(19)20/h5-8,10-11H,4,9H2,1-3H3,(H,17,18). The van der Waals surface area contributed by atoms with Gasteiger partial charge in [0, 0.05) is 23.7 Å². The molecule has 0 heterocycles. The van der Waals surface area contributed by atoms with Gasteiger partial charge in [-0.2, -0.15) is 0 Å². The average Bonchev–Trinajstić information content (AvgIpc) is 2.42. The predicted octanol–water partition coefficient (Wildman–Crippen LogP) is 2.84. The summed E-state index contributed by atoms with van der Waals surface area (Å²) >= 11 is 0. The van der Waals surface area contributed by atoms with Gasteiger partial charge in [-0.3, -0.25) is 19.8 Å². The highest BCUT2D eigenvalue weighted by Gasteiger charge is 2.27. The molecule has 0 aliphatic rings. The molecule has 0 saturated heterocycles. The highest BCUT2D eigenvalue weighted by Crippen LogP contribution is 2.30. The van der Waals surface area contributed by atoms with Crippen molar-refractivity contribution >= 4 is 11.7 Å². The van der Waals surface area contributed by atoms with E-state index in [-0.39, 0.29) is 24.3 Å². The highest BCUT2D eigenvalue weighted by atomic mass is 16.6. The zero-order valence-corrected chi connectivity index (χ0v) is 11.9. The maximum absolute atomic E-state index is 11.1. The van der Waals surface area contributed by atoms with E-state index in [4.69, 9.17) is 5.11 Å².